The molecule has 0 radical (unpaired) electrons. The Hall–Kier alpha value is -2.04. The zero-order valence-corrected chi connectivity index (χ0v) is 9.63. The quantitative estimate of drug-likeness (QED) is 0.711. The predicted molar refractivity (Wildman–Crippen MR) is 65.4 cm³/mol. The van der Waals surface area contributed by atoms with E-state index < -0.39 is 0 Å². The highest BCUT2D eigenvalue weighted by molar-refractivity contribution is 5.50. The summed E-state index contributed by atoms with van der Waals surface area (Å²) in [5.74, 6) is 0. The highest BCUT2D eigenvalue weighted by atomic mass is 15.3. The summed E-state index contributed by atoms with van der Waals surface area (Å²) < 4.78 is 0. The molecular weight excluding hydrogens is 212 g/mol. The van der Waals surface area contributed by atoms with Gasteiger partial charge in [0.15, 0.2) is 0 Å². The molecule has 0 atom stereocenters. The van der Waals surface area contributed by atoms with Crippen LogP contribution in [-0.4, -0.2) is 37.6 Å². The molecule has 0 bridgehead atoms. The van der Waals surface area contributed by atoms with E-state index in [0.717, 1.165) is 31.9 Å². The van der Waals surface area contributed by atoms with Crippen LogP contribution in [-0.2, 0) is 0 Å². The van der Waals surface area contributed by atoms with Gasteiger partial charge < -0.3 is 4.90 Å². The van der Waals surface area contributed by atoms with Gasteiger partial charge in [0.2, 0.25) is 0 Å². The Bertz CT molecular complexity index is 444. The van der Waals surface area contributed by atoms with Crippen molar-refractivity contribution in [3.63, 3.8) is 0 Å². The van der Waals surface area contributed by atoms with Gasteiger partial charge in [0.1, 0.15) is 0 Å². The third-order valence-electron chi connectivity index (χ3n) is 3.03. The van der Waals surface area contributed by atoms with E-state index in [1.807, 2.05) is 24.3 Å². The second-order valence-electron chi connectivity index (χ2n) is 4.08. The summed E-state index contributed by atoms with van der Waals surface area (Å²) >= 11 is 0. The van der Waals surface area contributed by atoms with Gasteiger partial charge in [-0.15, -0.1) is 0 Å². The summed E-state index contributed by atoms with van der Waals surface area (Å²) in [6.07, 6.45) is 0. The summed E-state index contributed by atoms with van der Waals surface area (Å²) in [5, 5.41) is 17.4. The lowest BCUT2D eigenvalue weighted by Gasteiger charge is -2.34. The molecule has 4 heteroatoms. The Labute approximate surface area is 101 Å². The molecule has 0 N–H and O–H groups in total. The Balaban J connectivity index is 1.96. The summed E-state index contributed by atoms with van der Waals surface area (Å²) in [6, 6.07) is 12.0. The van der Waals surface area contributed by atoms with Crippen LogP contribution in [0.4, 0.5) is 5.69 Å². The lowest BCUT2D eigenvalue weighted by Crippen LogP contribution is -2.46. The van der Waals surface area contributed by atoms with Crippen LogP contribution in [0.15, 0.2) is 24.3 Å². The van der Waals surface area contributed by atoms with Crippen molar-refractivity contribution in [1.29, 1.82) is 10.5 Å². The molecule has 0 unspecified atom stereocenters. The Morgan fingerprint density at radius 1 is 1.00 bits per heavy atom. The molecule has 17 heavy (non-hydrogen) atoms. The van der Waals surface area contributed by atoms with E-state index in [9.17, 15) is 0 Å². The first-order valence-electron chi connectivity index (χ1n) is 5.68. The van der Waals surface area contributed by atoms with Crippen LogP contribution in [0.5, 0.6) is 0 Å². The van der Waals surface area contributed by atoms with E-state index in [-0.39, 0.29) is 0 Å². The molecule has 1 aliphatic rings. The maximum atomic E-state index is 8.73. The van der Waals surface area contributed by atoms with Crippen LogP contribution in [0.3, 0.4) is 0 Å². The second kappa shape index (κ2) is 5.34. The largest absolute Gasteiger partial charge is 0.369 e. The predicted octanol–water partition coefficient (Wildman–Crippen LogP) is 1.20. The van der Waals surface area contributed by atoms with Crippen LogP contribution in [0.1, 0.15) is 5.56 Å². The van der Waals surface area contributed by atoms with Gasteiger partial charge in [-0.1, -0.05) is 0 Å². The normalized spacial score (nSPS) is 16.2. The topological polar surface area (TPSA) is 54.1 Å². The molecule has 1 aromatic carbocycles. The fourth-order valence-electron chi connectivity index (χ4n) is 2.01. The minimum absolute atomic E-state index is 0.515. The number of rotatable bonds is 2. The molecule has 1 fully saturated rings. The summed E-state index contributed by atoms with van der Waals surface area (Å²) in [5.41, 5.74) is 1.84. The molecule has 0 aromatic heterocycles. The first-order chi connectivity index (χ1) is 8.33. The Morgan fingerprint density at radius 3 is 2.18 bits per heavy atom. The van der Waals surface area contributed by atoms with E-state index in [0.29, 0.717) is 12.1 Å². The molecule has 1 aromatic rings. The lowest BCUT2D eigenvalue weighted by molar-refractivity contribution is 0.287. The number of anilines is 1. The molecule has 4 nitrogen and oxygen atoms in total. The average Bonchev–Trinajstić information content (AvgIpc) is 2.40. The molecule has 2 rings (SSSR count). The van der Waals surface area contributed by atoms with E-state index in [1.54, 1.807) is 0 Å². The van der Waals surface area contributed by atoms with E-state index >= 15 is 0 Å². The summed E-state index contributed by atoms with van der Waals surface area (Å²) in [7, 11) is 0. The van der Waals surface area contributed by atoms with E-state index in [1.165, 1.54) is 0 Å². The van der Waals surface area contributed by atoms with Crippen molar-refractivity contribution in [2.45, 2.75) is 0 Å². The second-order valence-corrected chi connectivity index (χ2v) is 4.08. The molecule has 0 amide bonds. The fraction of sp³-hybridized carbons (Fsp3) is 0.385. The number of nitriles is 2. The molecule has 0 spiro atoms. The van der Waals surface area contributed by atoms with E-state index in [4.69, 9.17) is 10.5 Å². The average molecular weight is 226 g/mol. The minimum Gasteiger partial charge on any atom is -0.369 e. The van der Waals surface area contributed by atoms with Crippen LogP contribution >= 0.6 is 0 Å². The van der Waals surface area contributed by atoms with Gasteiger partial charge >= 0.3 is 0 Å². The van der Waals surface area contributed by atoms with Crippen LogP contribution in [0, 0.1) is 22.7 Å². The van der Waals surface area contributed by atoms with Gasteiger partial charge in [-0.05, 0) is 24.3 Å². The minimum atomic E-state index is 0.515. The van der Waals surface area contributed by atoms with Gasteiger partial charge in [-0.2, -0.15) is 10.5 Å². The molecule has 1 aliphatic heterocycles. The molecule has 1 heterocycles. The van der Waals surface area contributed by atoms with Gasteiger partial charge in [-0.25, -0.2) is 0 Å². The number of piperazine rings is 1. The summed E-state index contributed by atoms with van der Waals surface area (Å²) in [4.78, 5) is 4.44. The zero-order valence-electron chi connectivity index (χ0n) is 9.63. The van der Waals surface area contributed by atoms with Crippen molar-refractivity contribution in [2.24, 2.45) is 0 Å². The highest BCUT2D eigenvalue weighted by Crippen LogP contribution is 2.16. The molecule has 86 valence electrons. The summed E-state index contributed by atoms with van der Waals surface area (Å²) in [6.45, 7) is 4.24. The third-order valence-corrected chi connectivity index (χ3v) is 3.03. The number of hydrogen-bond acceptors (Lipinski definition) is 4. The Kier molecular flexibility index (Phi) is 3.59. The van der Waals surface area contributed by atoms with Gasteiger partial charge in [0.25, 0.3) is 0 Å². The number of hydrogen-bond donors (Lipinski definition) is 0. The van der Waals surface area contributed by atoms with Crippen molar-refractivity contribution in [2.75, 3.05) is 37.6 Å². The SMILES string of the molecule is N#CCN1CCN(c2ccc(C#N)cc2)CC1. The van der Waals surface area contributed by atoms with E-state index in [2.05, 4.69) is 21.9 Å². The highest BCUT2D eigenvalue weighted by Gasteiger charge is 2.16. The maximum Gasteiger partial charge on any atom is 0.0991 e. The molecule has 1 saturated heterocycles. The van der Waals surface area contributed by atoms with Crippen LogP contribution in [0.25, 0.3) is 0 Å². The Morgan fingerprint density at radius 2 is 1.65 bits per heavy atom. The zero-order chi connectivity index (χ0) is 12.1. The first kappa shape index (κ1) is 11.4. The fourth-order valence-corrected chi connectivity index (χ4v) is 2.01. The van der Waals surface area contributed by atoms with Crippen molar-refractivity contribution in [3.8, 4) is 12.1 Å². The van der Waals surface area contributed by atoms with Gasteiger partial charge in [-0.3, -0.25) is 4.90 Å². The standard InChI is InChI=1S/C13H14N4/c14-5-6-16-7-9-17(10-8-16)13-3-1-12(11-15)2-4-13/h1-4H,6-10H2. The monoisotopic (exact) mass is 226 g/mol. The first-order valence-corrected chi connectivity index (χ1v) is 5.68. The number of benzene rings is 1. The van der Waals surface area contributed by atoms with Crippen molar-refractivity contribution in [3.05, 3.63) is 29.8 Å². The van der Waals surface area contributed by atoms with Crippen molar-refractivity contribution >= 4 is 5.69 Å². The molecule has 0 aliphatic carbocycles. The molecular formula is C13H14N4. The smallest absolute Gasteiger partial charge is 0.0991 e. The van der Waals surface area contributed by atoms with Gasteiger partial charge in [0, 0.05) is 31.9 Å². The number of nitrogens with zero attached hydrogens (tertiary/aromatic N) is 4. The maximum absolute atomic E-state index is 8.73. The van der Waals surface area contributed by atoms with Crippen LogP contribution < -0.4 is 4.90 Å². The lowest BCUT2D eigenvalue weighted by atomic mass is 10.2. The van der Waals surface area contributed by atoms with Crippen molar-refractivity contribution < 1.29 is 0 Å². The van der Waals surface area contributed by atoms with Crippen LogP contribution in [0.2, 0.25) is 0 Å². The van der Waals surface area contributed by atoms with Gasteiger partial charge in [0.05, 0.1) is 24.2 Å². The third kappa shape index (κ3) is 2.75. The molecule has 0 saturated carbocycles. The van der Waals surface area contributed by atoms with Crippen molar-refractivity contribution in [1.82, 2.24) is 4.90 Å².